The zero-order valence-electron chi connectivity index (χ0n) is 18.2. The monoisotopic (exact) mass is 442 g/mol. The molecule has 0 saturated heterocycles. The van der Waals surface area contributed by atoms with E-state index in [1.54, 1.807) is 12.1 Å². The van der Waals surface area contributed by atoms with Crippen molar-refractivity contribution >= 4 is 23.5 Å². The van der Waals surface area contributed by atoms with Gasteiger partial charge in [0, 0.05) is 19.2 Å². The second-order valence-electron chi connectivity index (χ2n) is 6.43. The highest BCUT2D eigenvalue weighted by atomic mass is 16.5. The molecule has 10 heteroatoms. The number of methoxy groups -OCH3 is 3. The molecule has 1 amide bonds. The van der Waals surface area contributed by atoms with Crippen molar-refractivity contribution in [3.63, 3.8) is 0 Å². The lowest BCUT2D eigenvalue weighted by Crippen LogP contribution is -2.42. The van der Waals surface area contributed by atoms with Crippen LogP contribution in [0.3, 0.4) is 0 Å². The van der Waals surface area contributed by atoms with Gasteiger partial charge in [-0.25, -0.2) is 4.79 Å². The molecule has 32 heavy (non-hydrogen) atoms. The first-order valence-corrected chi connectivity index (χ1v) is 9.46. The topological polar surface area (TPSA) is 127 Å². The first-order chi connectivity index (χ1) is 15.3. The molecule has 1 aromatic carbocycles. The summed E-state index contributed by atoms with van der Waals surface area (Å²) in [5.74, 6) is 0.447. The summed E-state index contributed by atoms with van der Waals surface area (Å²) in [5.41, 5.74) is 5.00. The minimum absolute atomic E-state index is 0.0424. The van der Waals surface area contributed by atoms with Crippen LogP contribution in [0.25, 0.3) is 6.08 Å². The third kappa shape index (κ3) is 4.91. The second-order valence-corrected chi connectivity index (χ2v) is 6.43. The molecule has 0 unspecified atom stereocenters. The number of benzene rings is 1. The Morgan fingerprint density at radius 1 is 1.03 bits per heavy atom. The van der Waals surface area contributed by atoms with Crippen LogP contribution in [-0.2, 0) is 17.9 Å². The smallest absolute Gasteiger partial charge is 0.333 e. The van der Waals surface area contributed by atoms with E-state index in [-0.39, 0.29) is 24.6 Å². The average Bonchev–Trinajstić information content (AvgIpc) is 2.80. The van der Waals surface area contributed by atoms with E-state index >= 15 is 0 Å². The Morgan fingerprint density at radius 3 is 2.09 bits per heavy atom. The van der Waals surface area contributed by atoms with Crippen LogP contribution in [0.4, 0.5) is 11.5 Å². The quantitative estimate of drug-likeness (QED) is 0.423. The number of hydrogen-bond acceptors (Lipinski definition) is 7. The Morgan fingerprint density at radius 2 is 1.59 bits per heavy atom. The maximum Gasteiger partial charge on any atom is 0.333 e. The second kappa shape index (κ2) is 10.7. The summed E-state index contributed by atoms with van der Waals surface area (Å²) >= 11 is 0. The summed E-state index contributed by atoms with van der Waals surface area (Å²) < 4.78 is 17.9. The van der Waals surface area contributed by atoms with Crippen molar-refractivity contribution in [2.24, 2.45) is 0 Å². The highest BCUT2D eigenvalue weighted by Crippen LogP contribution is 2.38. The molecule has 0 aliphatic heterocycles. The molecule has 0 aliphatic carbocycles. The molecule has 1 heterocycles. The van der Waals surface area contributed by atoms with Gasteiger partial charge in [-0.2, -0.15) is 0 Å². The van der Waals surface area contributed by atoms with Crippen molar-refractivity contribution < 1.29 is 19.0 Å². The van der Waals surface area contributed by atoms with Gasteiger partial charge in [0.25, 0.3) is 5.56 Å². The van der Waals surface area contributed by atoms with Crippen LogP contribution >= 0.6 is 0 Å². The van der Waals surface area contributed by atoms with Crippen LogP contribution in [-0.4, -0.2) is 36.4 Å². The summed E-state index contributed by atoms with van der Waals surface area (Å²) in [7, 11) is 4.44. The lowest BCUT2D eigenvalue weighted by atomic mass is 10.1. The van der Waals surface area contributed by atoms with E-state index in [9.17, 15) is 14.4 Å². The van der Waals surface area contributed by atoms with E-state index in [1.807, 2.05) is 0 Å². The highest BCUT2D eigenvalue weighted by Gasteiger charge is 2.18. The summed E-state index contributed by atoms with van der Waals surface area (Å²) in [6, 6.07) is 3.31. The van der Waals surface area contributed by atoms with Gasteiger partial charge in [-0.15, -0.1) is 13.2 Å². The number of nitrogens with zero attached hydrogens (tertiary/aromatic N) is 2. The number of rotatable bonds is 10. The summed E-state index contributed by atoms with van der Waals surface area (Å²) in [6.07, 6.45) is 5.56. The molecule has 0 bridgehead atoms. The molecule has 0 atom stereocenters. The van der Waals surface area contributed by atoms with Crippen molar-refractivity contribution in [2.45, 2.75) is 13.1 Å². The maximum atomic E-state index is 12.7. The number of carbonyl (C=O) groups excluding carboxylic acids is 1. The summed E-state index contributed by atoms with van der Waals surface area (Å²) in [6.45, 7) is 7.14. The Balaban J connectivity index is 2.42. The van der Waals surface area contributed by atoms with Crippen molar-refractivity contribution in [2.75, 3.05) is 32.4 Å². The van der Waals surface area contributed by atoms with Crippen LogP contribution < -0.4 is 36.5 Å². The number of nitrogen functional groups attached to an aromatic ring is 1. The van der Waals surface area contributed by atoms with E-state index in [4.69, 9.17) is 19.9 Å². The lowest BCUT2D eigenvalue weighted by Gasteiger charge is -2.15. The zero-order valence-corrected chi connectivity index (χ0v) is 18.2. The van der Waals surface area contributed by atoms with E-state index in [0.29, 0.717) is 22.8 Å². The zero-order chi connectivity index (χ0) is 23.8. The Kier molecular flexibility index (Phi) is 8.05. The number of anilines is 2. The van der Waals surface area contributed by atoms with Gasteiger partial charge in [0.2, 0.25) is 11.7 Å². The molecule has 3 N–H and O–H groups in total. The standard InChI is InChI=1S/C22H26N4O6/c1-6-10-25-20(23)18(21(28)26(11-7-2)22(25)29)24-17(27)9-8-14-12-15(30-3)19(32-5)16(13-14)31-4/h6-9,12-13H,1-2,10-11,23H2,3-5H3,(H,24,27)/b9-8+. The Bertz CT molecular complexity index is 1150. The third-order valence-corrected chi connectivity index (χ3v) is 4.45. The molecule has 0 aliphatic rings. The fraction of sp³-hybridized carbons (Fsp3) is 0.227. The summed E-state index contributed by atoms with van der Waals surface area (Å²) in [4.78, 5) is 37.7. The maximum absolute atomic E-state index is 12.7. The van der Waals surface area contributed by atoms with Crippen LogP contribution in [0.1, 0.15) is 5.56 Å². The fourth-order valence-corrected chi connectivity index (χ4v) is 2.96. The molecule has 10 nitrogen and oxygen atoms in total. The number of nitrogens with one attached hydrogen (secondary N) is 1. The van der Waals surface area contributed by atoms with Crippen molar-refractivity contribution in [1.82, 2.24) is 9.13 Å². The molecular weight excluding hydrogens is 416 g/mol. The van der Waals surface area contributed by atoms with E-state index in [2.05, 4.69) is 18.5 Å². The van der Waals surface area contributed by atoms with Crippen molar-refractivity contribution in [3.8, 4) is 17.2 Å². The molecule has 0 spiro atoms. The largest absolute Gasteiger partial charge is 0.493 e. The van der Waals surface area contributed by atoms with Crippen LogP contribution in [0, 0.1) is 0 Å². The van der Waals surface area contributed by atoms with Gasteiger partial charge < -0.3 is 25.3 Å². The molecule has 0 radical (unpaired) electrons. The number of amides is 1. The van der Waals surface area contributed by atoms with E-state index < -0.39 is 17.2 Å². The predicted octanol–water partition coefficient (Wildman–Crippen LogP) is 1.64. The van der Waals surface area contributed by atoms with Crippen molar-refractivity contribution in [1.29, 1.82) is 0 Å². The van der Waals surface area contributed by atoms with Gasteiger partial charge in [-0.05, 0) is 23.8 Å². The van der Waals surface area contributed by atoms with Gasteiger partial charge in [0.05, 0.1) is 21.3 Å². The summed E-state index contributed by atoms with van der Waals surface area (Å²) in [5, 5.41) is 2.45. The third-order valence-electron chi connectivity index (χ3n) is 4.45. The predicted molar refractivity (Wildman–Crippen MR) is 124 cm³/mol. The minimum atomic E-state index is -0.734. The first-order valence-electron chi connectivity index (χ1n) is 9.46. The minimum Gasteiger partial charge on any atom is -0.493 e. The van der Waals surface area contributed by atoms with Gasteiger partial charge in [0.15, 0.2) is 11.5 Å². The molecule has 2 rings (SSSR count). The molecule has 0 fully saturated rings. The number of hydrogen-bond donors (Lipinski definition) is 2. The fourth-order valence-electron chi connectivity index (χ4n) is 2.96. The number of nitrogens with two attached hydrogens (primary N) is 1. The highest BCUT2D eigenvalue weighted by molar-refractivity contribution is 6.03. The molecule has 1 aromatic heterocycles. The number of allylic oxidation sites excluding steroid dienone is 2. The first kappa shape index (κ1) is 24.1. The molecule has 2 aromatic rings. The number of carbonyl (C=O) groups is 1. The molecule has 170 valence electrons. The number of ether oxygens (including phenoxy) is 3. The van der Waals surface area contributed by atoms with Gasteiger partial charge in [0.1, 0.15) is 11.5 Å². The average molecular weight is 442 g/mol. The van der Waals surface area contributed by atoms with Crippen LogP contribution in [0.5, 0.6) is 17.2 Å². The van der Waals surface area contributed by atoms with Crippen LogP contribution in [0.15, 0.2) is 53.1 Å². The van der Waals surface area contributed by atoms with E-state index in [0.717, 1.165) is 9.13 Å². The number of aromatic nitrogens is 2. The van der Waals surface area contributed by atoms with E-state index in [1.165, 1.54) is 45.6 Å². The molecule has 0 saturated carbocycles. The lowest BCUT2D eigenvalue weighted by molar-refractivity contribution is -0.111. The van der Waals surface area contributed by atoms with Gasteiger partial charge in [-0.1, -0.05) is 12.2 Å². The Hall–Kier alpha value is -4.21. The SMILES string of the molecule is C=CCn1c(N)c(NC(=O)/C=C/c2cc(OC)c(OC)c(OC)c2)c(=O)n(CC=C)c1=O. The molecular formula is C22H26N4O6. The normalized spacial score (nSPS) is 10.6. The van der Waals surface area contributed by atoms with Crippen molar-refractivity contribution in [3.05, 3.63) is 69.9 Å². The van der Waals surface area contributed by atoms with Crippen LogP contribution in [0.2, 0.25) is 0 Å². The van der Waals surface area contributed by atoms with Gasteiger partial charge in [-0.3, -0.25) is 18.7 Å². The van der Waals surface area contributed by atoms with Gasteiger partial charge >= 0.3 is 5.69 Å². The Labute approximate surface area is 184 Å².